The molecule has 0 aromatic heterocycles. The van der Waals surface area contributed by atoms with Gasteiger partial charge < -0.3 is 5.73 Å². The Labute approximate surface area is 145 Å². The SMILES string of the molecule is C[C@@]12C(CC=CC1C(N)=S)CC[C@@H]1[C@H]2CC[C@]2(C)C(=O)CC[C@@H]12. The van der Waals surface area contributed by atoms with Gasteiger partial charge in [0.1, 0.15) is 5.78 Å². The number of carbonyl (C=O) groups excluding carboxylic acids is 1. The largest absolute Gasteiger partial charge is 0.393 e. The first-order chi connectivity index (χ1) is 10.9. The minimum Gasteiger partial charge on any atom is -0.393 e. The van der Waals surface area contributed by atoms with E-state index in [9.17, 15) is 4.79 Å². The maximum Gasteiger partial charge on any atom is 0.139 e. The molecule has 3 saturated carbocycles. The lowest BCUT2D eigenvalue weighted by molar-refractivity contribution is -0.137. The first-order valence-corrected chi connectivity index (χ1v) is 9.79. The van der Waals surface area contributed by atoms with Gasteiger partial charge in [-0.1, -0.05) is 38.2 Å². The van der Waals surface area contributed by atoms with Crippen molar-refractivity contribution in [3.8, 4) is 0 Å². The van der Waals surface area contributed by atoms with E-state index in [1.807, 2.05) is 0 Å². The van der Waals surface area contributed by atoms with E-state index in [1.165, 1.54) is 25.7 Å². The van der Waals surface area contributed by atoms with Crippen LogP contribution in [0.15, 0.2) is 12.2 Å². The van der Waals surface area contributed by atoms with Gasteiger partial charge >= 0.3 is 0 Å². The van der Waals surface area contributed by atoms with Gasteiger partial charge in [0.05, 0.1) is 4.99 Å². The summed E-state index contributed by atoms with van der Waals surface area (Å²) in [4.78, 5) is 13.2. The van der Waals surface area contributed by atoms with Crippen molar-refractivity contribution in [2.24, 2.45) is 46.2 Å². The monoisotopic (exact) mass is 331 g/mol. The summed E-state index contributed by atoms with van der Waals surface area (Å²) in [5.41, 5.74) is 6.33. The van der Waals surface area contributed by atoms with Crippen molar-refractivity contribution in [3.05, 3.63) is 12.2 Å². The molecular weight excluding hydrogens is 302 g/mol. The van der Waals surface area contributed by atoms with Gasteiger partial charge in [-0.15, -0.1) is 0 Å². The molecule has 0 heterocycles. The number of ketones is 1. The number of allylic oxidation sites excluding steroid dienone is 1. The first-order valence-electron chi connectivity index (χ1n) is 9.38. The summed E-state index contributed by atoms with van der Waals surface area (Å²) < 4.78 is 0. The number of fused-ring (bicyclic) bond motifs is 5. The van der Waals surface area contributed by atoms with Crippen LogP contribution in [0.25, 0.3) is 0 Å². The molecule has 7 atom stereocenters. The number of carbonyl (C=O) groups is 1. The Morgan fingerprint density at radius 1 is 1.22 bits per heavy atom. The van der Waals surface area contributed by atoms with Crippen molar-refractivity contribution in [1.82, 2.24) is 0 Å². The normalized spacial score (nSPS) is 51.7. The molecule has 23 heavy (non-hydrogen) atoms. The van der Waals surface area contributed by atoms with Gasteiger partial charge in [-0.05, 0) is 67.6 Å². The van der Waals surface area contributed by atoms with Crippen LogP contribution in [0.2, 0.25) is 0 Å². The average Bonchev–Trinajstić information content (AvgIpc) is 2.81. The standard InChI is InChI=1S/C20H29NOS/c1-19-11-10-15-13(14(19)8-9-17(19)22)7-6-12-4-3-5-16(18(21)23)20(12,15)2/h3,5,12-16H,4,6-11H2,1-2H3,(H2,21,23)/t12?,13-,14-,15+,16?,19-,20-/m0/s1. The molecule has 0 aromatic rings. The molecule has 0 saturated heterocycles. The fraction of sp³-hybridized carbons (Fsp3) is 0.800. The van der Waals surface area contributed by atoms with Gasteiger partial charge in [0, 0.05) is 17.8 Å². The van der Waals surface area contributed by atoms with Crippen LogP contribution >= 0.6 is 12.2 Å². The molecule has 0 amide bonds. The van der Waals surface area contributed by atoms with Crippen LogP contribution in [-0.2, 0) is 4.79 Å². The van der Waals surface area contributed by atoms with Crippen LogP contribution < -0.4 is 5.73 Å². The molecule has 4 aliphatic rings. The minimum atomic E-state index is -0.0341. The molecular formula is C20H29NOS. The molecule has 2 nitrogen and oxygen atoms in total. The van der Waals surface area contributed by atoms with Crippen molar-refractivity contribution in [2.75, 3.05) is 0 Å². The molecule has 2 N–H and O–H groups in total. The quantitative estimate of drug-likeness (QED) is 0.576. The highest BCUT2D eigenvalue weighted by atomic mass is 32.1. The fourth-order valence-electron chi connectivity index (χ4n) is 7.08. The van der Waals surface area contributed by atoms with E-state index in [-0.39, 0.29) is 16.7 Å². The second-order valence-electron chi connectivity index (χ2n) is 8.98. The Hall–Kier alpha value is -0.700. The molecule has 4 rings (SSSR count). The average molecular weight is 332 g/mol. The van der Waals surface area contributed by atoms with E-state index >= 15 is 0 Å². The number of hydrogen-bond acceptors (Lipinski definition) is 2. The number of Topliss-reactive ketones (excluding diaryl/α,β-unsaturated/α-hetero) is 1. The lowest BCUT2D eigenvalue weighted by atomic mass is 9.44. The Morgan fingerprint density at radius 3 is 2.74 bits per heavy atom. The van der Waals surface area contributed by atoms with E-state index in [0.29, 0.717) is 34.4 Å². The Morgan fingerprint density at radius 2 is 2.00 bits per heavy atom. The first kappa shape index (κ1) is 15.8. The zero-order valence-corrected chi connectivity index (χ0v) is 15.2. The maximum atomic E-state index is 12.5. The van der Waals surface area contributed by atoms with Gasteiger partial charge in [-0.3, -0.25) is 4.79 Å². The van der Waals surface area contributed by atoms with Crippen LogP contribution in [0.1, 0.15) is 58.8 Å². The molecule has 0 aromatic carbocycles. The second-order valence-corrected chi connectivity index (χ2v) is 9.45. The molecule has 0 bridgehead atoms. The zero-order chi connectivity index (χ0) is 16.4. The van der Waals surface area contributed by atoms with Gasteiger partial charge in [0.25, 0.3) is 0 Å². The van der Waals surface area contributed by atoms with Gasteiger partial charge in [0.15, 0.2) is 0 Å². The van der Waals surface area contributed by atoms with Crippen molar-refractivity contribution >= 4 is 23.0 Å². The Balaban J connectivity index is 1.73. The van der Waals surface area contributed by atoms with E-state index in [2.05, 4.69) is 26.0 Å². The van der Waals surface area contributed by atoms with E-state index < -0.39 is 0 Å². The smallest absolute Gasteiger partial charge is 0.139 e. The van der Waals surface area contributed by atoms with Crippen LogP contribution in [0.5, 0.6) is 0 Å². The molecule has 0 radical (unpaired) electrons. The third-order valence-electron chi connectivity index (χ3n) is 8.40. The number of thiocarbonyl (C=S) groups is 1. The third-order valence-corrected chi connectivity index (χ3v) is 8.65. The highest BCUT2D eigenvalue weighted by Crippen LogP contribution is 2.65. The Bertz CT molecular complexity index is 584. The predicted octanol–water partition coefficient (Wildman–Crippen LogP) is 4.28. The Kier molecular flexibility index (Phi) is 3.54. The highest BCUT2D eigenvalue weighted by Gasteiger charge is 2.61. The summed E-state index contributed by atoms with van der Waals surface area (Å²) >= 11 is 5.46. The van der Waals surface area contributed by atoms with Crippen molar-refractivity contribution < 1.29 is 4.79 Å². The van der Waals surface area contributed by atoms with Crippen molar-refractivity contribution in [2.45, 2.75) is 58.8 Å². The van der Waals surface area contributed by atoms with Crippen molar-refractivity contribution in [3.63, 3.8) is 0 Å². The molecule has 3 fully saturated rings. The summed E-state index contributed by atoms with van der Waals surface area (Å²) in [5.74, 6) is 3.46. The van der Waals surface area contributed by atoms with Crippen molar-refractivity contribution in [1.29, 1.82) is 0 Å². The predicted molar refractivity (Wildman–Crippen MR) is 96.9 cm³/mol. The summed E-state index contributed by atoms with van der Waals surface area (Å²) in [5, 5.41) is 0. The van der Waals surface area contributed by atoms with Gasteiger partial charge in [-0.2, -0.15) is 0 Å². The van der Waals surface area contributed by atoms with E-state index in [0.717, 1.165) is 19.3 Å². The van der Waals surface area contributed by atoms with E-state index in [1.54, 1.807) is 0 Å². The number of hydrogen-bond donors (Lipinski definition) is 1. The fourth-order valence-corrected chi connectivity index (χ4v) is 7.42. The summed E-state index contributed by atoms with van der Waals surface area (Å²) in [6, 6.07) is 0. The van der Waals surface area contributed by atoms with Crippen LogP contribution in [0.4, 0.5) is 0 Å². The molecule has 4 aliphatic carbocycles. The van der Waals surface area contributed by atoms with E-state index in [4.69, 9.17) is 18.0 Å². The lowest BCUT2D eigenvalue weighted by Crippen LogP contribution is -2.56. The molecule has 2 unspecified atom stereocenters. The van der Waals surface area contributed by atoms with Gasteiger partial charge in [-0.25, -0.2) is 0 Å². The molecule has 126 valence electrons. The summed E-state index contributed by atoms with van der Waals surface area (Å²) in [6.45, 7) is 4.71. The summed E-state index contributed by atoms with van der Waals surface area (Å²) in [7, 11) is 0. The van der Waals surface area contributed by atoms with Gasteiger partial charge in [0.2, 0.25) is 0 Å². The topological polar surface area (TPSA) is 43.1 Å². The molecule has 0 aliphatic heterocycles. The molecule has 0 spiro atoms. The number of rotatable bonds is 1. The lowest BCUT2D eigenvalue weighted by Gasteiger charge is -2.60. The molecule has 3 heteroatoms. The highest BCUT2D eigenvalue weighted by molar-refractivity contribution is 7.80. The zero-order valence-electron chi connectivity index (χ0n) is 14.4. The van der Waals surface area contributed by atoms with Crippen LogP contribution in [0, 0.1) is 40.4 Å². The van der Waals surface area contributed by atoms with Crippen LogP contribution in [-0.4, -0.2) is 10.8 Å². The second kappa shape index (κ2) is 5.15. The number of nitrogens with two attached hydrogens (primary N) is 1. The summed E-state index contributed by atoms with van der Waals surface area (Å²) in [6.07, 6.45) is 12.5. The van der Waals surface area contributed by atoms with Crippen LogP contribution in [0.3, 0.4) is 0 Å². The maximum absolute atomic E-state index is 12.5. The minimum absolute atomic E-state index is 0.0341. The third kappa shape index (κ3) is 1.98.